The molecule has 0 bridgehead atoms. The van der Waals surface area contributed by atoms with Gasteiger partial charge in [-0.05, 0) is 20.8 Å². The molecule has 0 atom stereocenters. The Bertz CT molecular complexity index is 249. The van der Waals surface area contributed by atoms with Crippen molar-refractivity contribution in [3.05, 3.63) is 0 Å². The molecule has 0 aromatic rings. The van der Waals surface area contributed by atoms with Crippen molar-refractivity contribution >= 4 is 5.97 Å². The van der Waals surface area contributed by atoms with E-state index >= 15 is 0 Å². The topological polar surface area (TPSA) is 62.6 Å². The molecule has 0 heterocycles. The standard InChI is InChI=1S/C12H22N2O3/c1-4-17-12(15)10-16-9-8-14(11(2)3)7-5-6-13/h11H,4-5,7-10H2,1-3H3. The highest BCUT2D eigenvalue weighted by atomic mass is 16.6. The predicted octanol–water partition coefficient (Wildman–Crippen LogP) is 1.19. The quantitative estimate of drug-likeness (QED) is 0.449. The van der Waals surface area contributed by atoms with E-state index in [1.165, 1.54) is 0 Å². The SMILES string of the molecule is CCOC(=O)COCCN(CCC#N)C(C)C. The first kappa shape index (κ1) is 15.9. The normalized spacial score (nSPS) is 10.6. The lowest BCUT2D eigenvalue weighted by Gasteiger charge is -2.25. The summed E-state index contributed by atoms with van der Waals surface area (Å²) in [6.07, 6.45) is 0.510. The minimum atomic E-state index is -0.333. The summed E-state index contributed by atoms with van der Waals surface area (Å²) >= 11 is 0. The van der Waals surface area contributed by atoms with E-state index in [0.29, 0.717) is 25.7 Å². The Morgan fingerprint density at radius 1 is 1.41 bits per heavy atom. The van der Waals surface area contributed by atoms with Gasteiger partial charge < -0.3 is 9.47 Å². The Balaban J connectivity index is 3.68. The van der Waals surface area contributed by atoms with Crippen molar-refractivity contribution in [2.45, 2.75) is 33.2 Å². The first-order valence-corrected chi connectivity index (χ1v) is 5.96. The van der Waals surface area contributed by atoms with Gasteiger partial charge in [-0.15, -0.1) is 0 Å². The first-order valence-electron chi connectivity index (χ1n) is 5.96. The van der Waals surface area contributed by atoms with Gasteiger partial charge in [0.15, 0.2) is 0 Å². The zero-order chi connectivity index (χ0) is 13.1. The summed E-state index contributed by atoms with van der Waals surface area (Å²) in [7, 11) is 0. The van der Waals surface area contributed by atoms with Crippen LogP contribution in [0.3, 0.4) is 0 Å². The second-order valence-electron chi connectivity index (χ2n) is 3.90. The van der Waals surface area contributed by atoms with Crippen LogP contribution in [-0.2, 0) is 14.3 Å². The zero-order valence-corrected chi connectivity index (χ0v) is 10.9. The second-order valence-corrected chi connectivity index (χ2v) is 3.90. The van der Waals surface area contributed by atoms with Crippen LogP contribution in [0.2, 0.25) is 0 Å². The van der Waals surface area contributed by atoms with Crippen LogP contribution in [0.15, 0.2) is 0 Å². The number of nitrogens with zero attached hydrogens (tertiary/aromatic N) is 2. The van der Waals surface area contributed by atoms with Crippen LogP contribution in [0.25, 0.3) is 0 Å². The summed E-state index contributed by atoms with van der Waals surface area (Å²) in [6.45, 7) is 8.21. The van der Waals surface area contributed by atoms with E-state index in [2.05, 4.69) is 24.8 Å². The molecule has 0 rings (SSSR count). The molecule has 0 aliphatic heterocycles. The van der Waals surface area contributed by atoms with Gasteiger partial charge in [0, 0.05) is 25.6 Å². The van der Waals surface area contributed by atoms with Gasteiger partial charge in [0.25, 0.3) is 0 Å². The third-order valence-corrected chi connectivity index (χ3v) is 2.29. The number of carbonyl (C=O) groups is 1. The van der Waals surface area contributed by atoms with Crippen LogP contribution in [0.1, 0.15) is 27.2 Å². The maximum Gasteiger partial charge on any atom is 0.332 e. The van der Waals surface area contributed by atoms with Crippen LogP contribution in [0, 0.1) is 11.3 Å². The van der Waals surface area contributed by atoms with Crippen molar-refractivity contribution in [3.63, 3.8) is 0 Å². The van der Waals surface area contributed by atoms with Crippen LogP contribution >= 0.6 is 0 Å². The van der Waals surface area contributed by atoms with Crippen LogP contribution in [-0.4, -0.2) is 49.8 Å². The Morgan fingerprint density at radius 3 is 2.65 bits per heavy atom. The van der Waals surface area contributed by atoms with Crippen molar-refractivity contribution < 1.29 is 14.3 Å². The molecular formula is C12H22N2O3. The lowest BCUT2D eigenvalue weighted by atomic mass is 10.3. The maximum atomic E-state index is 11.0. The molecule has 0 N–H and O–H groups in total. The number of esters is 1. The fourth-order valence-corrected chi connectivity index (χ4v) is 1.36. The smallest absolute Gasteiger partial charge is 0.332 e. The summed E-state index contributed by atoms with van der Waals surface area (Å²) in [6, 6.07) is 2.49. The Morgan fingerprint density at radius 2 is 2.12 bits per heavy atom. The van der Waals surface area contributed by atoms with Crippen molar-refractivity contribution in [2.24, 2.45) is 0 Å². The molecule has 0 amide bonds. The summed E-state index contributed by atoms with van der Waals surface area (Å²) in [5.74, 6) is -0.333. The number of rotatable bonds is 9. The first-order chi connectivity index (χ1) is 8.11. The van der Waals surface area contributed by atoms with E-state index in [9.17, 15) is 4.79 Å². The van der Waals surface area contributed by atoms with Crippen molar-refractivity contribution in [2.75, 3.05) is 32.9 Å². The highest BCUT2D eigenvalue weighted by Gasteiger charge is 2.09. The Hall–Kier alpha value is -1.12. The largest absolute Gasteiger partial charge is 0.464 e. The third-order valence-electron chi connectivity index (χ3n) is 2.29. The molecule has 0 spiro atoms. The van der Waals surface area contributed by atoms with Crippen molar-refractivity contribution in [1.29, 1.82) is 5.26 Å². The second kappa shape index (κ2) is 10.1. The molecule has 5 heteroatoms. The fraction of sp³-hybridized carbons (Fsp3) is 0.833. The molecular weight excluding hydrogens is 220 g/mol. The predicted molar refractivity (Wildman–Crippen MR) is 64.4 cm³/mol. The number of nitriles is 1. The molecule has 0 aromatic heterocycles. The van der Waals surface area contributed by atoms with Crippen LogP contribution < -0.4 is 0 Å². The molecule has 0 aliphatic carbocycles. The van der Waals surface area contributed by atoms with Crippen LogP contribution in [0.5, 0.6) is 0 Å². The summed E-state index contributed by atoms with van der Waals surface area (Å²) in [4.78, 5) is 13.1. The van der Waals surface area contributed by atoms with Gasteiger partial charge in [-0.25, -0.2) is 4.79 Å². The van der Waals surface area contributed by atoms with Gasteiger partial charge in [-0.2, -0.15) is 5.26 Å². The molecule has 0 saturated carbocycles. The van der Waals surface area contributed by atoms with Gasteiger partial charge in [0.05, 0.1) is 19.3 Å². The molecule has 0 aliphatic rings. The summed E-state index contributed by atoms with van der Waals surface area (Å²) in [5.41, 5.74) is 0. The number of hydrogen-bond acceptors (Lipinski definition) is 5. The van der Waals surface area contributed by atoms with E-state index in [-0.39, 0.29) is 12.6 Å². The van der Waals surface area contributed by atoms with Gasteiger partial charge in [0.2, 0.25) is 0 Å². The molecule has 0 fully saturated rings. The number of carbonyl (C=O) groups excluding carboxylic acids is 1. The molecule has 0 unspecified atom stereocenters. The van der Waals surface area contributed by atoms with Gasteiger partial charge in [0.1, 0.15) is 6.61 Å². The van der Waals surface area contributed by atoms with E-state index in [4.69, 9.17) is 14.7 Å². The summed E-state index contributed by atoms with van der Waals surface area (Å²) in [5, 5.41) is 8.53. The minimum Gasteiger partial charge on any atom is -0.464 e. The highest BCUT2D eigenvalue weighted by Crippen LogP contribution is 1.99. The van der Waals surface area contributed by atoms with E-state index in [0.717, 1.165) is 13.1 Å². The van der Waals surface area contributed by atoms with Crippen LogP contribution in [0.4, 0.5) is 0 Å². The molecule has 0 radical (unpaired) electrons. The number of ether oxygens (including phenoxy) is 2. The molecule has 0 aromatic carbocycles. The Kier molecular flexibility index (Phi) is 9.40. The average Bonchev–Trinajstić information content (AvgIpc) is 2.28. The van der Waals surface area contributed by atoms with Gasteiger partial charge in [-0.3, -0.25) is 4.90 Å². The molecule has 98 valence electrons. The number of hydrogen-bond donors (Lipinski definition) is 0. The minimum absolute atomic E-state index is 0.00196. The van der Waals surface area contributed by atoms with Gasteiger partial charge >= 0.3 is 5.97 Å². The molecule has 5 nitrogen and oxygen atoms in total. The van der Waals surface area contributed by atoms with Crippen molar-refractivity contribution in [3.8, 4) is 6.07 Å². The molecule has 0 saturated heterocycles. The lowest BCUT2D eigenvalue weighted by molar-refractivity contribution is -0.148. The average molecular weight is 242 g/mol. The fourth-order valence-electron chi connectivity index (χ4n) is 1.36. The lowest BCUT2D eigenvalue weighted by Crippen LogP contribution is -2.35. The Labute approximate surface area is 103 Å². The monoisotopic (exact) mass is 242 g/mol. The highest BCUT2D eigenvalue weighted by molar-refractivity contribution is 5.70. The maximum absolute atomic E-state index is 11.0. The van der Waals surface area contributed by atoms with E-state index in [1.807, 2.05) is 0 Å². The molecule has 17 heavy (non-hydrogen) atoms. The summed E-state index contributed by atoms with van der Waals surface area (Å²) < 4.78 is 9.95. The van der Waals surface area contributed by atoms with Gasteiger partial charge in [-0.1, -0.05) is 0 Å². The zero-order valence-electron chi connectivity index (χ0n) is 10.9. The third kappa shape index (κ3) is 8.66. The van der Waals surface area contributed by atoms with E-state index < -0.39 is 0 Å². The van der Waals surface area contributed by atoms with E-state index in [1.54, 1.807) is 6.92 Å². The van der Waals surface area contributed by atoms with Crippen molar-refractivity contribution in [1.82, 2.24) is 4.90 Å².